The van der Waals surface area contributed by atoms with Crippen LogP contribution in [0.25, 0.3) is 44.6 Å². The number of carbonyl (C=O) groups is 1. The summed E-state index contributed by atoms with van der Waals surface area (Å²) in [6.45, 7) is 28.2. The first-order chi connectivity index (χ1) is 37.7. The Morgan fingerprint density at radius 3 is 1.95 bits per heavy atom. The first-order valence-corrected chi connectivity index (χ1v) is 28.8. The summed E-state index contributed by atoms with van der Waals surface area (Å²) in [7, 11) is 0. The highest BCUT2D eigenvalue weighted by atomic mass is 16.7. The summed E-state index contributed by atoms with van der Waals surface area (Å²) < 4.78 is 28.4. The Labute approximate surface area is 463 Å². The molecule has 0 radical (unpaired) electrons. The van der Waals surface area contributed by atoms with E-state index in [0.29, 0.717) is 56.3 Å². The third-order valence-electron chi connectivity index (χ3n) is 17.6. The molecule has 2 atom stereocenters. The molecule has 4 aromatic heterocycles. The van der Waals surface area contributed by atoms with Crippen molar-refractivity contribution in [1.82, 2.24) is 24.0 Å². The van der Waals surface area contributed by atoms with Crippen molar-refractivity contribution in [3.05, 3.63) is 162 Å². The molecule has 7 aromatic rings. The molecule has 0 amide bonds. The number of pyridine rings is 4. The molecule has 3 aliphatic carbocycles. The van der Waals surface area contributed by atoms with Crippen molar-refractivity contribution in [3.8, 4) is 34.3 Å². The number of para-hydroxylation sites is 1. The highest BCUT2D eigenvalue weighted by Crippen LogP contribution is 2.52. The number of rotatable bonds is 11. The van der Waals surface area contributed by atoms with Gasteiger partial charge in [0.15, 0.2) is 22.9 Å². The number of hydrogen-bond acceptors (Lipinski definition) is 10. The minimum absolute atomic E-state index is 0.0174. The molecule has 3 aromatic carbocycles. The van der Waals surface area contributed by atoms with Crippen LogP contribution in [0.5, 0.6) is 11.5 Å². The van der Waals surface area contributed by atoms with E-state index in [1.807, 2.05) is 49.0 Å². The van der Waals surface area contributed by atoms with Crippen molar-refractivity contribution < 1.29 is 23.7 Å². The van der Waals surface area contributed by atoms with Crippen LogP contribution in [-0.4, -0.2) is 60.4 Å². The highest BCUT2D eigenvalue weighted by molar-refractivity contribution is 5.93. The van der Waals surface area contributed by atoms with Crippen LogP contribution in [0.15, 0.2) is 101 Å². The molecule has 410 valence electrons. The summed E-state index contributed by atoms with van der Waals surface area (Å²) in [6, 6.07) is 27.6. The van der Waals surface area contributed by atoms with E-state index in [1.165, 1.54) is 41.5 Å². The van der Waals surface area contributed by atoms with Gasteiger partial charge in [-0.1, -0.05) is 75.4 Å². The predicted molar refractivity (Wildman–Crippen MR) is 311 cm³/mol. The van der Waals surface area contributed by atoms with Crippen LogP contribution in [0.4, 0.5) is 0 Å². The Bertz CT molecular complexity index is 3780. The number of hydrogen-bond donors (Lipinski definition) is 0. The first kappa shape index (κ1) is 52.9. The average molecular weight is 1060 g/mol. The van der Waals surface area contributed by atoms with E-state index in [0.717, 1.165) is 110 Å². The van der Waals surface area contributed by atoms with Gasteiger partial charge in [0.2, 0.25) is 6.79 Å². The van der Waals surface area contributed by atoms with E-state index < -0.39 is 16.8 Å². The van der Waals surface area contributed by atoms with Crippen LogP contribution < -0.4 is 20.6 Å². The summed E-state index contributed by atoms with van der Waals surface area (Å²) >= 11 is 0. The quantitative estimate of drug-likeness (QED) is 0.116. The molecule has 0 bridgehead atoms. The number of carbonyl (C=O) groups excluding carboxylic acids is 1. The molecule has 12 nitrogen and oxygen atoms in total. The molecule has 0 N–H and O–H groups in total. The first-order valence-electron chi connectivity index (χ1n) is 28.8. The number of aromatic nitrogens is 4. The zero-order chi connectivity index (χ0) is 55.5. The Morgan fingerprint density at radius 2 is 1.30 bits per heavy atom. The zero-order valence-electron chi connectivity index (χ0n) is 47.9. The van der Waals surface area contributed by atoms with Crippen molar-refractivity contribution in [1.29, 1.82) is 0 Å². The van der Waals surface area contributed by atoms with Crippen molar-refractivity contribution in [2.24, 2.45) is 0 Å². The molecule has 3 aliphatic heterocycles. The molecule has 1 fully saturated rings. The van der Waals surface area contributed by atoms with E-state index in [1.54, 1.807) is 0 Å². The van der Waals surface area contributed by atoms with Gasteiger partial charge in [0.25, 0.3) is 11.1 Å². The highest BCUT2D eigenvalue weighted by Gasteiger charge is 2.49. The lowest BCUT2D eigenvalue weighted by Gasteiger charge is -2.41. The number of benzene rings is 3. The molecule has 1 saturated carbocycles. The maximum Gasteiger partial charge on any atom is 0.255 e. The van der Waals surface area contributed by atoms with Crippen LogP contribution in [0.1, 0.15) is 164 Å². The molecule has 0 unspecified atom stereocenters. The molecule has 0 saturated heterocycles. The lowest BCUT2D eigenvalue weighted by atomic mass is 9.76. The summed E-state index contributed by atoms with van der Waals surface area (Å²) in [5, 5.41) is 2.27. The molecule has 7 heterocycles. The van der Waals surface area contributed by atoms with Gasteiger partial charge in [-0.25, -0.2) is 9.97 Å². The normalized spacial score (nSPS) is 19.8. The minimum Gasteiger partial charge on any atom is -0.454 e. The molecule has 79 heavy (non-hydrogen) atoms. The van der Waals surface area contributed by atoms with Crippen molar-refractivity contribution in [3.63, 3.8) is 0 Å². The molecular weight excluding hydrogens is 987 g/mol. The SMILES string of the molecule is C=C1Cc2c(cc3n(c2=O)Cc2c-3nc3cc4c(cc3c2C2CCC2)OCO4)[C@]1(CC)OC(C)(C)C.CC[C@@]1(OC(C)(C)C)C(=O)CCc2c1cc1n(c2=O)Cc2c-1nc1ccccc1c2CCN(Cc1ccccc1)C(C)C. The van der Waals surface area contributed by atoms with Crippen LogP contribution in [-0.2, 0) is 64.4 Å². The Balaban J connectivity index is 0.000000160. The van der Waals surface area contributed by atoms with E-state index >= 15 is 0 Å². The fraction of sp³-hybridized carbons (Fsp3) is 0.448. The van der Waals surface area contributed by atoms with E-state index in [2.05, 4.69) is 120 Å². The van der Waals surface area contributed by atoms with Crippen LogP contribution in [0, 0.1) is 0 Å². The van der Waals surface area contributed by atoms with Crippen molar-refractivity contribution in [2.75, 3.05) is 13.3 Å². The van der Waals surface area contributed by atoms with Crippen molar-refractivity contribution >= 4 is 27.6 Å². The second-order valence-electron chi connectivity index (χ2n) is 25.1. The number of Topliss-reactive ketones (excluding diaryl/α,β-unsaturated/α-hetero) is 1. The smallest absolute Gasteiger partial charge is 0.255 e. The van der Waals surface area contributed by atoms with E-state index in [9.17, 15) is 14.4 Å². The number of fused-ring (bicyclic) bond motifs is 11. The maximum atomic E-state index is 14.2. The van der Waals surface area contributed by atoms with Gasteiger partial charge in [0.05, 0.1) is 58.1 Å². The van der Waals surface area contributed by atoms with Gasteiger partial charge in [0, 0.05) is 76.6 Å². The van der Waals surface area contributed by atoms with Crippen LogP contribution >= 0.6 is 0 Å². The Morgan fingerprint density at radius 1 is 0.709 bits per heavy atom. The Hall–Kier alpha value is -6.73. The molecular formula is C67H75N5O7. The van der Waals surface area contributed by atoms with Gasteiger partial charge in [-0.05, 0) is 152 Å². The third kappa shape index (κ3) is 8.88. The second kappa shape index (κ2) is 19.5. The minimum atomic E-state index is -1.13. The average Bonchev–Trinajstić information content (AvgIpc) is 3.19. The van der Waals surface area contributed by atoms with Gasteiger partial charge < -0.3 is 28.1 Å². The van der Waals surface area contributed by atoms with Gasteiger partial charge >= 0.3 is 0 Å². The zero-order valence-corrected chi connectivity index (χ0v) is 47.9. The number of ether oxygens (including phenoxy) is 4. The third-order valence-corrected chi connectivity index (χ3v) is 17.6. The molecule has 0 spiro atoms. The molecule has 12 heteroatoms. The molecule has 6 aliphatic rings. The van der Waals surface area contributed by atoms with Crippen LogP contribution in [0.2, 0.25) is 0 Å². The number of ketones is 1. The van der Waals surface area contributed by atoms with Gasteiger partial charge in [0.1, 0.15) is 5.60 Å². The van der Waals surface area contributed by atoms with Crippen LogP contribution in [0.3, 0.4) is 0 Å². The fourth-order valence-electron chi connectivity index (χ4n) is 13.8. The summed E-state index contributed by atoms with van der Waals surface area (Å²) in [4.78, 5) is 54.5. The van der Waals surface area contributed by atoms with Gasteiger partial charge in [-0.15, -0.1) is 0 Å². The van der Waals surface area contributed by atoms with Gasteiger partial charge in [-0.3, -0.25) is 19.3 Å². The predicted octanol–water partition coefficient (Wildman–Crippen LogP) is 12.8. The largest absolute Gasteiger partial charge is 0.454 e. The fourth-order valence-corrected chi connectivity index (χ4v) is 13.8. The van der Waals surface area contributed by atoms with E-state index in [4.69, 9.17) is 28.9 Å². The van der Waals surface area contributed by atoms with Gasteiger partial charge in [-0.2, -0.15) is 0 Å². The lowest BCUT2D eigenvalue weighted by molar-refractivity contribution is -0.171. The summed E-state index contributed by atoms with van der Waals surface area (Å²) in [5.41, 5.74) is 13.0. The van der Waals surface area contributed by atoms with Crippen molar-refractivity contribution in [2.45, 2.75) is 181 Å². The van der Waals surface area contributed by atoms with E-state index in [-0.39, 0.29) is 29.3 Å². The molecule has 13 rings (SSSR count). The number of nitrogens with zero attached hydrogens (tertiary/aromatic N) is 5. The Kier molecular flexibility index (Phi) is 13.1. The lowest BCUT2D eigenvalue weighted by Crippen LogP contribution is -2.48. The summed E-state index contributed by atoms with van der Waals surface area (Å²) in [5.74, 6) is 2.06. The second-order valence-corrected chi connectivity index (χ2v) is 25.1. The standard InChI is InChI=1S/C37H43N3O3.C30H32N2O4/c1-7-37(43-36(4,5)6)30-21-32-34-29(23-40(32)35(42)28(30)17-18-33(37)41)26(27-15-11-12-16-31(27)38-34)19-20-39(24(2)3)22-25-13-9-8-10-14-25;1-6-30(36-29(3,4)5)16(2)10-18-21(30)12-23-27-20(14-32(23)28(18)33)26(17-8-7-9-17)19-11-24-25(35-15-34-24)13-22(19)31-27/h8-16,21,24H,7,17-20,22-23H2,1-6H3;11-13,17H,2,6-10,14-15H2,1,3-5H3/t37-;30-/m01/s1. The topological polar surface area (TPSA) is 127 Å². The maximum absolute atomic E-state index is 14.2. The summed E-state index contributed by atoms with van der Waals surface area (Å²) in [6.07, 6.45) is 6.95. The monoisotopic (exact) mass is 1060 g/mol.